The first-order valence-electron chi connectivity index (χ1n) is 7.74. The number of aliphatic hydroxyl groups excluding tert-OH is 5. The minimum absolute atomic E-state index is 0.0184. The van der Waals surface area contributed by atoms with E-state index in [0.29, 0.717) is 18.9 Å². The van der Waals surface area contributed by atoms with Crippen LogP contribution in [0.2, 0.25) is 0 Å². The smallest absolute Gasteiger partial charge is 0.387 e. The zero-order valence-electron chi connectivity index (χ0n) is 14.1. The lowest BCUT2D eigenvalue weighted by atomic mass is 9.79. The van der Waals surface area contributed by atoms with Crippen molar-refractivity contribution in [3.63, 3.8) is 0 Å². The number of hydrogen-bond acceptors (Lipinski definition) is 11. The molecule has 2 aliphatic heterocycles. The first-order chi connectivity index (χ1) is 13.1. The molecule has 0 aromatic carbocycles. The zero-order valence-corrected chi connectivity index (χ0v) is 15.9. The van der Waals surface area contributed by atoms with E-state index in [0.717, 1.165) is 0 Å². The van der Waals surface area contributed by atoms with Crippen LogP contribution in [0.15, 0.2) is 21.9 Å². The molecule has 18 heteroatoms. The SMILES string of the molecule is O=P(O)(O)N1C=NC=C2N=CN(C3(O)[C@H](O)[C@H](O)C(O)[C@H](O)[C@H]3O)C21P(=O)(O)O. The van der Waals surface area contributed by atoms with Crippen molar-refractivity contribution in [2.24, 2.45) is 9.98 Å². The van der Waals surface area contributed by atoms with Crippen LogP contribution in [0.5, 0.6) is 0 Å². The molecule has 0 bridgehead atoms. The monoisotopic (exact) mass is 460 g/mol. The molecule has 3 unspecified atom stereocenters. The Morgan fingerprint density at radius 2 is 1.41 bits per heavy atom. The lowest BCUT2D eigenvalue weighted by Gasteiger charge is -2.57. The number of nitrogens with zero attached hydrogens (tertiary/aromatic N) is 4. The van der Waals surface area contributed by atoms with E-state index < -0.39 is 62.7 Å². The highest BCUT2D eigenvalue weighted by Crippen LogP contribution is 2.67. The van der Waals surface area contributed by atoms with Gasteiger partial charge < -0.3 is 50.2 Å². The van der Waals surface area contributed by atoms with Crippen molar-refractivity contribution in [2.45, 2.75) is 41.6 Å². The van der Waals surface area contributed by atoms with E-state index in [1.54, 1.807) is 0 Å². The molecule has 16 nitrogen and oxygen atoms in total. The van der Waals surface area contributed by atoms with Crippen molar-refractivity contribution in [3.8, 4) is 0 Å². The van der Waals surface area contributed by atoms with Crippen molar-refractivity contribution in [1.82, 2.24) is 9.57 Å². The Labute approximate surface area is 161 Å². The minimum Gasteiger partial charge on any atom is -0.387 e. The number of aliphatic hydroxyl groups is 6. The fraction of sp³-hybridized carbons (Fsp3) is 0.636. The quantitative estimate of drug-likeness (QED) is 0.177. The summed E-state index contributed by atoms with van der Waals surface area (Å²) in [6.07, 6.45) is -10.6. The predicted molar refractivity (Wildman–Crippen MR) is 90.5 cm³/mol. The van der Waals surface area contributed by atoms with Gasteiger partial charge >= 0.3 is 15.3 Å². The third-order valence-corrected chi connectivity index (χ3v) is 7.56. The van der Waals surface area contributed by atoms with Gasteiger partial charge in [0.1, 0.15) is 42.6 Å². The Morgan fingerprint density at radius 3 is 1.86 bits per heavy atom. The summed E-state index contributed by atoms with van der Waals surface area (Å²) in [5.41, 5.74) is -4.18. The molecule has 0 spiro atoms. The molecular formula is C11H18N4O12P2. The highest BCUT2D eigenvalue weighted by atomic mass is 31.2. The third kappa shape index (κ3) is 2.78. The third-order valence-electron chi connectivity index (χ3n) is 4.97. The van der Waals surface area contributed by atoms with Crippen molar-refractivity contribution in [2.75, 3.05) is 0 Å². The van der Waals surface area contributed by atoms with Crippen molar-refractivity contribution >= 4 is 28.0 Å². The second kappa shape index (κ2) is 6.62. The summed E-state index contributed by atoms with van der Waals surface area (Å²) < 4.78 is 24.3. The number of hydrogen-bond donors (Lipinski definition) is 10. The predicted octanol–water partition coefficient (Wildman–Crippen LogP) is -5.05. The summed E-state index contributed by atoms with van der Waals surface area (Å²) >= 11 is 0. The maximum atomic E-state index is 12.5. The highest BCUT2D eigenvalue weighted by Gasteiger charge is 2.74. The van der Waals surface area contributed by atoms with Gasteiger partial charge in [-0.25, -0.2) is 19.2 Å². The zero-order chi connectivity index (χ0) is 22.2. The molecule has 0 saturated heterocycles. The van der Waals surface area contributed by atoms with Crippen LogP contribution in [0.1, 0.15) is 0 Å². The van der Waals surface area contributed by atoms with E-state index in [9.17, 15) is 59.3 Å². The van der Waals surface area contributed by atoms with Gasteiger partial charge in [-0.3, -0.25) is 9.46 Å². The van der Waals surface area contributed by atoms with Crippen molar-refractivity contribution < 1.29 is 59.3 Å². The largest absolute Gasteiger partial charge is 0.433 e. The van der Waals surface area contributed by atoms with E-state index in [1.807, 2.05) is 0 Å². The van der Waals surface area contributed by atoms with Crippen molar-refractivity contribution in [1.29, 1.82) is 0 Å². The summed E-state index contributed by atoms with van der Waals surface area (Å²) in [7, 11) is -11.4. The molecule has 1 saturated carbocycles. The lowest BCUT2D eigenvalue weighted by Crippen LogP contribution is -2.80. The van der Waals surface area contributed by atoms with E-state index in [4.69, 9.17) is 0 Å². The van der Waals surface area contributed by atoms with Gasteiger partial charge in [-0.05, 0) is 0 Å². The fourth-order valence-electron chi connectivity index (χ4n) is 3.56. The Bertz CT molecular complexity index is 867. The molecule has 0 radical (unpaired) electrons. The summed E-state index contributed by atoms with van der Waals surface area (Å²) in [5.74, 6) is 0. The van der Waals surface area contributed by atoms with E-state index in [2.05, 4.69) is 9.98 Å². The van der Waals surface area contributed by atoms with Crippen LogP contribution in [0, 0.1) is 0 Å². The molecule has 164 valence electrons. The number of aliphatic imine (C=N–C) groups is 2. The van der Waals surface area contributed by atoms with Gasteiger partial charge in [-0.15, -0.1) is 0 Å². The van der Waals surface area contributed by atoms with E-state index >= 15 is 0 Å². The Balaban J connectivity index is 2.30. The molecule has 1 fully saturated rings. The standard InChI is InChI=1S/C11H18N4O12P2/c16-5-6(17)8(19)10(21,9(20)7(5)18)14-3-13-4-1-12-2-15(29(25,26)27)11(4,14)28(22,23)24/h1-3,5-9,16-21H,(H2,22,23,24)(H2,25,26,27)/t5?,6-,7+,8-,9-,10?,11?/m1/s1. The second-order valence-corrected chi connectivity index (χ2v) is 9.74. The van der Waals surface area contributed by atoms with Gasteiger partial charge in [-0.2, -0.15) is 0 Å². The van der Waals surface area contributed by atoms with Crippen LogP contribution in [-0.2, 0) is 9.13 Å². The van der Waals surface area contributed by atoms with Gasteiger partial charge in [0.15, 0.2) is 5.72 Å². The van der Waals surface area contributed by atoms with Gasteiger partial charge in [0.25, 0.3) is 5.40 Å². The minimum atomic E-state index is -5.82. The van der Waals surface area contributed by atoms with E-state index in [-0.39, 0.29) is 9.57 Å². The number of fused-ring (bicyclic) bond motifs is 1. The Kier molecular flexibility index (Phi) is 5.12. The van der Waals surface area contributed by atoms with Gasteiger partial charge in [-0.1, -0.05) is 0 Å². The topological polar surface area (TPSA) is 268 Å². The first-order valence-corrected chi connectivity index (χ1v) is 10.9. The average Bonchev–Trinajstić information content (AvgIpc) is 3.03. The molecule has 1 aliphatic carbocycles. The molecule has 3 aliphatic rings. The molecule has 2 heterocycles. The lowest BCUT2D eigenvalue weighted by molar-refractivity contribution is -0.310. The van der Waals surface area contributed by atoms with Crippen LogP contribution < -0.4 is 0 Å². The molecule has 0 amide bonds. The molecule has 0 aromatic rings. The molecule has 10 N–H and O–H groups in total. The fourth-order valence-corrected chi connectivity index (χ4v) is 6.24. The summed E-state index contributed by atoms with van der Waals surface area (Å²) in [6, 6.07) is 0. The summed E-state index contributed by atoms with van der Waals surface area (Å²) in [6.45, 7) is 0. The highest BCUT2D eigenvalue weighted by molar-refractivity contribution is 7.56. The normalized spacial score (nSPS) is 42.8. The Hall–Kier alpha value is -1.26. The van der Waals surface area contributed by atoms with E-state index in [1.165, 1.54) is 0 Å². The van der Waals surface area contributed by atoms with Crippen LogP contribution in [0.4, 0.5) is 0 Å². The summed E-state index contributed by atoms with van der Waals surface area (Å²) in [4.78, 5) is 46.4. The molecule has 3 rings (SSSR count). The molecular weight excluding hydrogens is 442 g/mol. The molecule has 7 atom stereocenters. The van der Waals surface area contributed by atoms with Crippen LogP contribution in [0.3, 0.4) is 0 Å². The van der Waals surface area contributed by atoms with Gasteiger partial charge in [0.2, 0.25) is 0 Å². The van der Waals surface area contributed by atoms with Crippen molar-refractivity contribution in [3.05, 3.63) is 11.9 Å². The molecule has 29 heavy (non-hydrogen) atoms. The van der Waals surface area contributed by atoms with Crippen LogP contribution in [-0.4, -0.2) is 114 Å². The summed E-state index contributed by atoms with van der Waals surface area (Å²) in [5, 5.41) is 57.9. The maximum Gasteiger partial charge on any atom is 0.433 e. The average molecular weight is 460 g/mol. The maximum absolute atomic E-state index is 12.5. The first kappa shape index (κ1) is 22.4. The molecule has 0 aromatic heterocycles. The van der Waals surface area contributed by atoms with Gasteiger partial charge in [0.05, 0.1) is 12.5 Å². The number of rotatable bonds is 3. The second-order valence-electron chi connectivity index (χ2n) is 6.58. The Morgan fingerprint density at radius 1 is 0.897 bits per heavy atom. The van der Waals surface area contributed by atoms with Crippen LogP contribution >= 0.6 is 15.3 Å². The van der Waals surface area contributed by atoms with Crippen LogP contribution in [0.25, 0.3) is 0 Å². The van der Waals surface area contributed by atoms with Gasteiger partial charge in [0, 0.05) is 0 Å².